The first-order chi connectivity index (χ1) is 11.5. The van der Waals surface area contributed by atoms with E-state index in [1.165, 1.54) is 0 Å². The molecule has 0 saturated heterocycles. The van der Waals surface area contributed by atoms with Crippen molar-refractivity contribution in [3.63, 3.8) is 0 Å². The molecule has 0 atom stereocenters. The van der Waals surface area contributed by atoms with Crippen LogP contribution in [-0.2, 0) is 6.54 Å². The fourth-order valence-corrected chi connectivity index (χ4v) is 2.35. The molecule has 2 aromatic carbocycles. The first kappa shape index (κ1) is 17.8. The minimum atomic E-state index is -0.235. The van der Waals surface area contributed by atoms with Gasteiger partial charge in [0.25, 0.3) is 5.91 Å². The molecule has 0 bridgehead atoms. The molecular weight excluding hydrogens is 328 g/mol. The Kier molecular flexibility index (Phi) is 6.17. The van der Waals surface area contributed by atoms with Gasteiger partial charge in [0.2, 0.25) is 0 Å². The number of carbonyl (C=O) groups excluding carboxylic acids is 1. The van der Waals surface area contributed by atoms with E-state index in [1.54, 1.807) is 42.5 Å². The second-order valence-corrected chi connectivity index (χ2v) is 5.57. The number of hydrogen-bond donors (Lipinski definition) is 5. The zero-order valence-electron chi connectivity index (χ0n) is 13.0. The number of anilines is 1. The highest BCUT2D eigenvalue weighted by Gasteiger charge is 2.09. The molecule has 0 radical (unpaired) electrons. The van der Waals surface area contributed by atoms with Gasteiger partial charge in [0.15, 0.2) is 0 Å². The SMILES string of the molecule is N=C(N)c1ccc(CNC(=O)c2cccc(Cl)c2)c(NCCO)c1. The van der Waals surface area contributed by atoms with Crippen LogP contribution in [0.15, 0.2) is 42.5 Å². The maximum atomic E-state index is 12.2. The number of rotatable bonds is 7. The molecule has 0 spiro atoms. The molecule has 0 fully saturated rings. The molecule has 0 aliphatic carbocycles. The number of benzene rings is 2. The van der Waals surface area contributed by atoms with Crippen molar-refractivity contribution in [3.8, 4) is 0 Å². The van der Waals surface area contributed by atoms with Crippen LogP contribution in [0, 0.1) is 5.41 Å². The van der Waals surface area contributed by atoms with Crippen LogP contribution < -0.4 is 16.4 Å². The van der Waals surface area contributed by atoms with Crippen molar-refractivity contribution in [2.24, 2.45) is 5.73 Å². The van der Waals surface area contributed by atoms with Crippen LogP contribution in [-0.4, -0.2) is 30.0 Å². The standard InChI is InChI=1S/C17H19ClN4O2/c18-14-3-1-2-12(8-14)17(24)22-10-13-5-4-11(16(19)20)9-15(13)21-6-7-23/h1-5,8-9,21,23H,6-7,10H2,(H3,19,20)(H,22,24). The van der Waals surface area contributed by atoms with Crippen LogP contribution in [0.1, 0.15) is 21.5 Å². The highest BCUT2D eigenvalue weighted by atomic mass is 35.5. The zero-order valence-corrected chi connectivity index (χ0v) is 13.7. The smallest absolute Gasteiger partial charge is 0.251 e. The minimum Gasteiger partial charge on any atom is -0.395 e. The van der Waals surface area contributed by atoms with Gasteiger partial charge in [-0.1, -0.05) is 29.8 Å². The molecule has 7 heteroatoms. The third-order valence-electron chi connectivity index (χ3n) is 3.37. The molecular formula is C17H19ClN4O2. The van der Waals surface area contributed by atoms with Gasteiger partial charge >= 0.3 is 0 Å². The van der Waals surface area contributed by atoms with Crippen LogP contribution in [0.5, 0.6) is 0 Å². The molecule has 0 aliphatic rings. The molecule has 6 N–H and O–H groups in total. The first-order valence-electron chi connectivity index (χ1n) is 7.37. The number of aliphatic hydroxyl groups excluding tert-OH is 1. The fourth-order valence-electron chi connectivity index (χ4n) is 2.16. The van der Waals surface area contributed by atoms with Gasteiger partial charge in [0.1, 0.15) is 5.84 Å². The Labute approximate surface area is 145 Å². The van der Waals surface area contributed by atoms with Crippen molar-refractivity contribution in [3.05, 3.63) is 64.2 Å². The number of amidine groups is 1. The Balaban J connectivity index is 2.13. The van der Waals surface area contributed by atoms with Crippen molar-refractivity contribution in [2.75, 3.05) is 18.5 Å². The van der Waals surface area contributed by atoms with E-state index in [1.807, 2.05) is 0 Å². The Bertz CT molecular complexity index is 749. The highest BCUT2D eigenvalue weighted by molar-refractivity contribution is 6.30. The summed E-state index contributed by atoms with van der Waals surface area (Å²) in [5.41, 5.74) is 8.08. The van der Waals surface area contributed by atoms with Crippen molar-refractivity contribution in [2.45, 2.75) is 6.54 Å². The Hall–Kier alpha value is -2.57. The summed E-state index contributed by atoms with van der Waals surface area (Å²) < 4.78 is 0. The van der Waals surface area contributed by atoms with Crippen LogP contribution in [0.25, 0.3) is 0 Å². The number of nitrogen functional groups attached to an aromatic ring is 1. The monoisotopic (exact) mass is 346 g/mol. The molecule has 2 aromatic rings. The van der Waals surface area contributed by atoms with Crippen LogP contribution in [0.4, 0.5) is 5.69 Å². The van der Waals surface area contributed by atoms with E-state index >= 15 is 0 Å². The second kappa shape index (κ2) is 8.33. The van der Waals surface area contributed by atoms with Crippen molar-refractivity contribution in [1.82, 2.24) is 5.32 Å². The zero-order chi connectivity index (χ0) is 17.5. The van der Waals surface area contributed by atoms with Gasteiger partial charge in [-0.25, -0.2) is 0 Å². The van der Waals surface area contributed by atoms with E-state index in [0.29, 0.717) is 28.4 Å². The van der Waals surface area contributed by atoms with E-state index in [9.17, 15) is 4.79 Å². The lowest BCUT2D eigenvalue weighted by molar-refractivity contribution is 0.0951. The average Bonchev–Trinajstić information content (AvgIpc) is 2.58. The number of nitrogens with one attached hydrogen (secondary N) is 3. The molecule has 6 nitrogen and oxygen atoms in total. The van der Waals surface area contributed by atoms with Crippen molar-refractivity contribution < 1.29 is 9.90 Å². The molecule has 2 rings (SSSR count). The number of carbonyl (C=O) groups is 1. The van der Waals surface area contributed by atoms with Crippen LogP contribution >= 0.6 is 11.6 Å². The second-order valence-electron chi connectivity index (χ2n) is 5.13. The van der Waals surface area contributed by atoms with Gasteiger partial charge in [-0.05, 0) is 29.8 Å². The summed E-state index contributed by atoms with van der Waals surface area (Å²) in [5.74, 6) is -0.280. The number of halogens is 1. The summed E-state index contributed by atoms with van der Waals surface area (Å²) in [6.07, 6.45) is 0. The molecule has 0 saturated carbocycles. The highest BCUT2D eigenvalue weighted by Crippen LogP contribution is 2.18. The molecule has 0 aromatic heterocycles. The molecule has 0 unspecified atom stereocenters. The van der Waals surface area contributed by atoms with E-state index in [-0.39, 0.29) is 24.9 Å². The number of amides is 1. The summed E-state index contributed by atoms with van der Waals surface area (Å²) in [4.78, 5) is 12.2. The summed E-state index contributed by atoms with van der Waals surface area (Å²) in [7, 11) is 0. The van der Waals surface area contributed by atoms with Gasteiger partial charge in [0, 0.05) is 34.9 Å². The molecule has 0 heterocycles. The molecule has 24 heavy (non-hydrogen) atoms. The summed E-state index contributed by atoms with van der Waals surface area (Å²) in [6.45, 7) is 0.618. The largest absolute Gasteiger partial charge is 0.395 e. The summed E-state index contributed by atoms with van der Waals surface area (Å²) >= 11 is 5.89. The van der Waals surface area contributed by atoms with Crippen LogP contribution in [0.3, 0.4) is 0 Å². The lowest BCUT2D eigenvalue weighted by atomic mass is 10.1. The lowest BCUT2D eigenvalue weighted by Crippen LogP contribution is -2.24. The Morgan fingerprint density at radius 1 is 1.21 bits per heavy atom. The van der Waals surface area contributed by atoms with Crippen LogP contribution in [0.2, 0.25) is 5.02 Å². The maximum Gasteiger partial charge on any atom is 0.251 e. The summed E-state index contributed by atoms with van der Waals surface area (Å²) in [6, 6.07) is 11.9. The third kappa shape index (κ3) is 4.71. The van der Waals surface area contributed by atoms with Gasteiger partial charge in [-0.2, -0.15) is 0 Å². The molecule has 1 amide bonds. The van der Waals surface area contributed by atoms with E-state index in [2.05, 4.69) is 10.6 Å². The predicted octanol–water partition coefficient (Wildman–Crippen LogP) is 1.96. The number of hydrogen-bond acceptors (Lipinski definition) is 4. The normalized spacial score (nSPS) is 10.2. The topological polar surface area (TPSA) is 111 Å². The quantitative estimate of drug-likeness (QED) is 0.390. The number of nitrogens with two attached hydrogens (primary N) is 1. The van der Waals surface area contributed by atoms with Crippen molar-refractivity contribution >= 4 is 29.0 Å². The molecule has 126 valence electrons. The van der Waals surface area contributed by atoms with Gasteiger partial charge in [-0.3, -0.25) is 10.2 Å². The number of aliphatic hydroxyl groups is 1. The average molecular weight is 347 g/mol. The lowest BCUT2D eigenvalue weighted by Gasteiger charge is -2.14. The first-order valence-corrected chi connectivity index (χ1v) is 7.75. The molecule has 0 aliphatic heterocycles. The third-order valence-corrected chi connectivity index (χ3v) is 3.61. The minimum absolute atomic E-state index is 0.0292. The van der Waals surface area contributed by atoms with E-state index in [0.717, 1.165) is 5.56 Å². The van der Waals surface area contributed by atoms with Gasteiger partial charge in [0.05, 0.1) is 6.61 Å². The van der Waals surface area contributed by atoms with Gasteiger partial charge in [-0.15, -0.1) is 0 Å². The fraction of sp³-hybridized carbons (Fsp3) is 0.176. The predicted molar refractivity (Wildman–Crippen MR) is 95.7 cm³/mol. The van der Waals surface area contributed by atoms with E-state index < -0.39 is 0 Å². The van der Waals surface area contributed by atoms with E-state index in [4.69, 9.17) is 27.9 Å². The van der Waals surface area contributed by atoms with Crippen molar-refractivity contribution in [1.29, 1.82) is 5.41 Å². The maximum absolute atomic E-state index is 12.2. The Morgan fingerprint density at radius 2 is 2.00 bits per heavy atom. The Morgan fingerprint density at radius 3 is 2.67 bits per heavy atom. The summed E-state index contributed by atoms with van der Waals surface area (Å²) in [5, 5.41) is 22.9. The van der Waals surface area contributed by atoms with Gasteiger partial charge < -0.3 is 21.5 Å².